The van der Waals surface area contributed by atoms with Gasteiger partial charge in [-0.25, -0.2) is 4.98 Å². The monoisotopic (exact) mass is 378 g/mol. The molecular weight excluding hydrogens is 360 g/mol. The molecule has 0 saturated heterocycles. The summed E-state index contributed by atoms with van der Waals surface area (Å²) in [7, 11) is 0. The van der Waals surface area contributed by atoms with Gasteiger partial charge in [0.1, 0.15) is 12.0 Å². The minimum Gasteiger partial charge on any atom is -0.330 e. The molecule has 0 aliphatic rings. The van der Waals surface area contributed by atoms with Gasteiger partial charge in [-0.3, -0.25) is 4.79 Å². The van der Waals surface area contributed by atoms with E-state index in [9.17, 15) is 4.79 Å². The van der Waals surface area contributed by atoms with Crippen LogP contribution in [0.5, 0.6) is 0 Å². The lowest BCUT2D eigenvalue weighted by Crippen LogP contribution is -2.14. The number of benzene rings is 1. The van der Waals surface area contributed by atoms with E-state index >= 15 is 0 Å². The molecule has 0 unspecified atom stereocenters. The maximum absolute atomic E-state index is 12.5. The SMILES string of the molecule is CCn1cnnc1-c1ccccc1NC(=O)c1csc(CCN)n1.Cl. The van der Waals surface area contributed by atoms with Crippen LogP contribution in [0, 0.1) is 0 Å². The molecule has 7 nitrogen and oxygen atoms in total. The van der Waals surface area contributed by atoms with Crippen molar-refractivity contribution in [3.05, 3.63) is 46.7 Å². The quantitative estimate of drug-likeness (QED) is 0.686. The molecule has 1 aromatic carbocycles. The number of aromatic nitrogens is 4. The van der Waals surface area contributed by atoms with Gasteiger partial charge in [-0.05, 0) is 25.6 Å². The maximum Gasteiger partial charge on any atom is 0.275 e. The van der Waals surface area contributed by atoms with Crippen LogP contribution in [0.1, 0.15) is 22.4 Å². The zero-order valence-corrected chi connectivity index (χ0v) is 15.3. The van der Waals surface area contributed by atoms with Gasteiger partial charge >= 0.3 is 0 Å². The molecule has 2 aromatic heterocycles. The summed E-state index contributed by atoms with van der Waals surface area (Å²) in [5.41, 5.74) is 7.42. The van der Waals surface area contributed by atoms with Crippen LogP contribution in [0.25, 0.3) is 11.4 Å². The molecule has 3 aromatic rings. The molecule has 25 heavy (non-hydrogen) atoms. The number of halogens is 1. The van der Waals surface area contributed by atoms with E-state index in [1.54, 1.807) is 11.7 Å². The summed E-state index contributed by atoms with van der Waals surface area (Å²) >= 11 is 1.44. The van der Waals surface area contributed by atoms with Crippen molar-refractivity contribution >= 4 is 35.3 Å². The Kier molecular flexibility index (Phi) is 6.63. The van der Waals surface area contributed by atoms with E-state index in [2.05, 4.69) is 20.5 Å². The fraction of sp³-hybridized carbons (Fsp3) is 0.250. The van der Waals surface area contributed by atoms with E-state index in [4.69, 9.17) is 5.73 Å². The van der Waals surface area contributed by atoms with Crippen LogP contribution in [0.15, 0.2) is 36.0 Å². The maximum atomic E-state index is 12.5. The number of carbonyl (C=O) groups excluding carboxylic acids is 1. The van der Waals surface area contributed by atoms with E-state index < -0.39 is 0 Å². The second-order valence-corrected chi connectivity index (χ2v) is 6.05. The molecule has 3 N–H and O–H groups in total. The topological polar surface area (TPSA) is 98.7 Å². The van der Waals surface area contributed by atoms with Crippen molar-refractivity contribution in [2.75, 3.05) is 11.9 Å². The van der Waals surface area contributed by atoms with Gasteiger partial charge in [-0.15, -0.1) is 33.9 Å². The van der Waals surface area contributed by atoms with Gasteiger partial charge in [0, 0.05) is 23.9 Å². The second kappa shape index (κ2) is 8.70. The van der Waals surface area contributed by atoms with Crippen LogP contribution < -0.4 is 11.1 Å². The van der Waals surface area contributed by atoms with Crippen LogP contribution in [-0.4, -0.2) is 32.2 Å². The van der Waals surface area contributed by atoms with Crippen LogP contribution in [0.4, 0.5) is 5.69 Å². The van der Waals surface area contributed by atoms with Gasteiger partial charge in [0.15, 0.2) is 5.82 Å². The van der Waals surface area contributed by atoms with Crippen molar-refractivity contribution in [2.45, 2.75) is 19.9 Å². The predicted octanol–water partition coefficient (Wildman–Crippen LogP) is 2.60. The smallest absolute Gasteiger partial charge is 0.275 e. The normalized spacial score (nSPS) is 10.3. The summed E-state index contributed by atoms with van der Waals surface area (Å²) in [6, 6.07) is 7.52. The number of hydrogen-bond donors (Lipinski definition) is 2. The highest BCUT2D eigenvalue weighted by Crippen LogP contribution is 2.26. The standard InChI is InChI=1S/C16H18N6OS.ClH/c1-2-22-10-18-21-15(22)11-5-3-4-6-12(11)20-16(23)13-9-24-14(19-13)7-8-17;/h3-6,9-10H,2,7-8,17H2,1H3,(H,20,23);1H. The largest absolute Gasteiger partial charge is 0.330 e. The first-order valence-electron chi connectivity index (χ1n) is 7.66. The first-order valence-corrected chi connectivity index (χ1v) is 8.54. The van der Waals surface area contributed by atoms with Gasteiger partial charge in [0.2, 0.25) is 0 Å². The van der Waals surface area contributed by atoms with Crippen molar-refractivity contribution in [3.63, 3.8) is 0 Å². The highest BCUT2D eigenvalue weighted by molar-refractivity contribution is 7.09. The minimum atomic E-state index is -0.246. The molecule has 0 spiro atoms. The summed E-state index contributed by atoms with van der Waals surface area (Å²) in [4.78, 5) is 16.8. The number of nitrogens with one attached hydrogen (secondary N) is 1. The molecule has 0 aliphatic heterocycles. The first-order chi connectivity index (χ1) is 11.7. The van der Waals surface area contributed by atoms with Crippen LogP contribution >= 0.6 is 23.7 Å². The molecule has 0 fully saturated rings. The van der Waals surface area contributed by atoms with E-state index in [1.165, 1.54) is 11.3 Å². The minimum absolute atomic E-state index is 0. The van der Waals surface area contributed by atoms with Crippen molar-refractivity contribution in [1.82, 2.24) is 19.7 Å². The van der Waals surface area contributed by atoms with Gasteiger partial charge in [0.05, 0.1) is 10.7 Å². The molecule has 1 amide bonds. The highest BCUT2D eigenvalue weighted by Gasteiger charge is 2.15. The number of nitrogens with zero attached hydrogens (tertiary/aromatic N) is 4. The fourth-order valence-electron chi connectivity index (χ4n) is 2.32. The van der Waals surface area contributed by atoms with Crippen LogP contribution in [0.3, 0.4) is 0 Å². The number of thiazole rings is 1. The Morgan fingerprint density at radius 3 is 2.92 bits per heavy atom. The molecule has 0 aliphatic carbocycles. The third-order valence-electron chi connectivity index (χ3n) is 3.51. The summed E-state index contributed by atoms with van der Waals surface area (Å²) in [6.45, 7) is 3.28. The third-order valence-corrected chi connectivity index (χ3v) is 4.42. The van der Waals surface area contributed by atoms with Crippen molar-refractivity contribution in [2.24, 2.45) is 5.73 Å². The number of aryl methyl sites for hydroxylation is 1. The number of nitrogens with two attached hydrogens (primary N) is 1. The number of hydrogen-bond acceptors (Lipinski definition) is 6. The van der Waals surface area contributed by atoms with E-state index in [0.29, 0.717) is 24.3 Å². The summed E-state index contributed by atoms with van der Waals surface area (Å²) in [5, 5.41) is 13.6. The third kappa shape index (κ3) is 4.22. The Labute approximate surface area is 155 Å². The zero-order chi connectivity index (χ0) is 16.9. The van der Waals surface area contributed by atoms with Gasteiger partial charge in [0.25, 0.3) is 5.91 Å². The molecular formula is C16H19ClN6OS. The lowest BCUT2D eigenvalue weighted by atomic mass is 10.1. The Balaban J connectivity index is 0.00000225. The Morgan fingerprint density at radius 2 is 2.16 bits per heavy atom. The Bertz CT molecular complexity index is 847. The van der Waals surface area contributed by atoms with Crippen molar-refractivity contribution in [1.29, 1.82) is 0 Å². The van der Waals surface area contributed by atoms with Crippen molar-refractivity contribution in [3.8, 4) is 11.4 Å². The second-order valence-electron chi connectivity index (χ2n) is 5.11. The molecule has 0 atom stereocenters. The zero-order valence-electron chi connectivity index (χ0n) is 13.7. The molecule has 0 bridgehead atoms. The lowest BCUT2D eigenvalue weighted by molar-refractivity contribution is 0.102. The van der Waals surface area contributed by atoms with E-state index in [1.807, 2.05) is 35.8 Å². The summed E-state index contributed by atoms with van der Waals surface area (Å²) < 4.78 is 1.92. The van der Waals surface area contributed by atoms with E-state index in [0.717, 1.165) is 22.9 Å². The van der Waals surface area contributed by atoms with Gasteiger partial charge < -0.3 is 15.6 Å². The average Bonchev–Trinajstić information content (AvgIpc) is 3.24. The number of carbonyl (C=O) groups is 1. The fourth-order valence-corrected chi connectivity index (χ4v) is 3.12. The average molecular weight is 379 g/mol. The molecule has 9 heteroatoms. The molecule has 132 valence electrons. The predicted molar refractivity (Wildman–Crippen MR) is 101 cm³/mol. The van der Waals surface area contributed by atoms with Gasteiger partial charge in [-0.1, -0.05) is 12.1 Å². The Morgan fingerprint density at radius 1 is 1.36 bits per heavy atom. The van der Waals surface area contributed by atoms with Gasteiger partial charge in [-0.2, -0.15) is 0 Å². The highest BCUT2D eigenvalue weighted by atomic mass is 35.5. The molecule has 0 saturated carbocycles. The molecule has 2 heterocycles. The molecule has 0 radical (unpaired) electrons. The Hall–Kier alpha value is -2.29. The van der Waals surface area contributed by atoms with Crippen LogP contribution in [-0.2, 0) is 13.0 Å². The van der Waals surface area contributed by atoms with Crippen molar-refractivity contribution < 1.29 is 4.79 Å². The number of anilines is 1. The summed E-state index contributed by atoms with van der Waals surface area (Å²) in [6.07, 6.45) is 2.35. The first kappa shape index (κ1) is 19.0. The van der Waals surface area contributed by atoms with E-state index in [-0.39, 0.29) is 18.3 Å². The van der Waals surface area contributed by atoms with Crippen LogP contribution in [0.2, 0.25) is 0 Å². The lowest BCUT2D eigenvalue weighted by Gasteiger charge is -2.10. The number of rotatable bonds is 6. The number of para-hydroxylation sites is 1. The number of amides is 1. The molecule has 3 rings (SSSR count). The summed E-state index contributed by atoms with van der Waals surface area (Å²) in [5.74, 6) is 0.472.